The van der Waals surface area contributed by atoms with E-state index in [4.69, 9.17) is 27.9 Å². The van der Waals surface area contributed by atoms with Crippen LogP contribution in [0.15, 0.2) is 46.6 Å². The molecule has 2 aromatic heterocycles. The molecule has 6 nitrogen and oxygen atoms in total. The molecule has 0 spiro atoms. The molecule has 3 aromatic rings. The van der Waals surface area contributed by atoms with Gasteiger partial charge in [-0.1, -0.05) is 29.3 Å². The van der Waals surface area contributed by atoms with Crippen molar-refractivity contribution in [3.63, 3.8) is 0 Å². The van der Waals surface area contributed by atoms with E-state index in [1.807, 2.05) is 17.5 Å². The topological polar surface area (TPSA) is 73.2 Å². The summed E-state index contributed by atoms with van der Waals surface area (Å²) in [5, 5.41) is 8.78. The summed E-state index contributed by atoms with van der Waals surface area (Å²) in [6.45, 7) is 0.0123. The molecule has 0 bridgehead atoms. The third kappa shape index (κ3) is 5.09. The van der Waals surface area contributed by atoms with Gasteiger partial charge in [-0.05, 0) is 29.6 Å². The zero-order chi connectivity index (χ0) is 20.1. The minimum Gasteiger partial charge on any atom is -0.481 e. The predicted octanol–water partition coefficient (Wildman–Crippen LogP) is 3.61. The van der Waals surface area contributed by atoms with E-state index in [0.29, 0.717) is 5.69 Å². The molecule has 28 heavy (non-hydrogen) atoms. The van der Waals surface area contributed by atoms with Crippen LogP contribution in [0.5, 0.6) is 5.75 Å². The molecule has 0 aliphatic carbocycles. The first-order valence-corrected chi connectivity index (χ1v) is 9.73. The zero-order valence-corrected chi connectivity index (χ0v) is 16.7. The summed E-state index contributed by atoms with van der Waals surface area (Å²) in [6, 6.07) is 8.99. The van der Waals surface area contributed by atoms with Gasteiger partial charge in [0.2, 0.25) is 0 Å². The first-order chi connectivity index (χ1) is 13.4. The summed E-state index contributed by atoms with van der Waals surface area (Å²) < 4.78 is 19.7. The van der Waals surface area contributed by atoms with Crippen LogP contribution in [0.25, 0.3) is 10.6 Å². The van der Waals surface area contributed by atoms with Crippen molar-refractivity contribution in [2.75, 3.05) is 13.2 Å². The number of halogens is 3. The number of carbonyl (C=O) groups is 1. The first kappa shape index (κ1) is 20.3. The molecule has 0 fully saturated rings. The van der Waals surface area contributed by atoms with Gasteiger partial charge in [-0.2, -0.15) is 5.10 Å². The molecule has 2 heterocycles. The fraction of sp³-hybridized carbons (Fsp3) is 0.167. The number of nitrogens with zero attached hydrogens (tertiary/aromatic N) is 2. The third-order valence-electron chi connectivity index (χ3n) is 3.60. The van der Waals surface area contributed by atoms with E-state index in [2.05, 4.69) is 10.4 Å². The van der Waals surface area contributed by atoms with Gasteiger partial charge < -0.3 is 10.1 Å². The average Bonchev–Trinajstić information content (AvgIpc) is 3.17. The van der Waals surface area contributed by atoms with Gasteiger partial charge in [0.1, 0.15) is 11.5 Å². The van der Waals surface area contributed by atoms with Crippen molar-refractivity contribution < 1.29 is 13.9 Å². The van der Waals surface area contributed by atoms with E-state index in [9.17, 15) is 14.0 Å². The first-order valence-electron chi connectivity index (χ1n) is 8.10. The van der Waals surface area contributed by atoms with Crippen molar-refractivity contribution in [1.82, 2.24) is 15.1 Å². The number of amides is 1. The number of benzene rings is 1. The lowest BCUT2D eigenvalue weighted by Crippen LogP contribution is -2.34. The second-order valence-corrected chi connectivity index (χ2v) is 7.36. The van der Waals surface area contributed by atoms with E-state index in [0.717, 1.165) is 17.0 Å². The summed E-state index contributed by atoms with van der Waals surface area (Å²) >= 11 is 13.2. The number of rotatable bonds is 7. The van der Waals surface area contributed by atoms with E-state index < -0.39 is 11.7 Å². The normalized spacial score (nSPS) is 10.7. The minimum absolute atomic E-state index is 0.0288. The number of hydrogen-bond donors (Lipinski definition) is 1. The van der Waals surface area contributed by atoms with Crippen LogP contribution in [0.2, 0.25) is 10.0 Å². The highest BCUT2D eigenvalue weighted by Crippen LogP contribution is 2.33. The largest absolute Gasteiger partial charge is 0.481 e. The highest BCUT2D eigenvalue weighted by molar-refractivity contribution is 7.13. The molecule has 3 rings (SSSR count). The third-order valence-corrected chi connectivity index (χ3v) is 5.05. The van der Waals surface area contributed by atoms with Gasteiger partial charge in [0.15, 0.2) is 12.4 Å². The molecule has 0 unspecified atom stereocenters. The summed E-state index contributed by atoms with van der Waals surface area (Å²) in [7, 11) is 0. The van der Waals surface area contributed by atoms with Gasteiger partial charge in [0, 0.05) is 12.6 Å². The predicted molar refractivity (Wildman–Crippen MR) is 107 cm³/mol. The average molecular weight is 442 g/mol. The quantitative estimate of drug-likeness (QED) is 0.607. The smallest absolute Gasteiger partial charge is 0.266 e. The monoisotopic (exact) mass is 441 g/mol. The van der Waals surface area contributed by atoms with Gasteiger partial charge in [0.25, 0.3) is 11.5 Å². The van der Waals surface area contributed by atoms with Crippen molar-refractivity contribution in [2.24, 2.45) is 0 Å². The Hall–Kier alpha value is -2.42. The fourth-order valence-electron chi connectivity index (χ4n) is 2.32. The highest BCUT2D eigenvalue weighted by Gasteiger charge is 2.12. The van der Waals surface area contributed by atoms with Crippen LogP contribution in [0.4, 0.5) is 4.39 Å². The SMILES string of the molecule is O=C(COc1c(Cl)cc(F)cc1Cl)NCCn1nc(-c2cccs2)ccc1=O. The molecule has 1 aromatic carbocycles. The zero-order valence-electron chi connectivity index (χ0n) is 14.3. The molecule has 0 aliphatic rings. The molecule has 0 saturated carbocycles. The molecule has 0 saturated heterocycles. The second-order valence-electron chi connectivity index (χ2n) is 5.59. The number of aromatic nitrogens is 2. The Balaban J connectivity index is 1.53. The van der Waals surface area contributed by atoms with Crippen molar-refractivity contribution in [3.8, 4) is 16.3 Å². The van der Waals surface area contributed by atoms with Crippen molar-refractivity contribution in [2.45, 2.75) is 6.54 Å². The Morgan fingerprint density at radius 3 is 2.68 bits per heavy atom. The molecule has 0 atom stereocenters. The Morgan fingerprint density at radius 1 is 1.25 bits per heavy atom. The molecular formula is C18H14Cl2FN3O3S. The highest BCUT2D eigenvalue weighted by atomic mass is 35.5. The van der Waals surface area contributed by atoms with Crippen LogP contribution in [0.1, 0.15) is 0 Å². The number of hydrogen-bond acceptors (Lipinski definition) is 5. The van der Waals surface area contributed by atoms with Gasteiger partial charge in [-0.3, -0.25) is 9.59 Å². The maximum atomic E-state index is 13.1. The van der Waals surface area contributed by atoms with Gasteiger partial charge in [-0.25, -0.2) is 9.07 Å². The molecule has 1 amide bonds. The molecule has 0 aliphatic heterocycles. The fourth-order valence-corrected chi connectivity index (χ4v) is 3.58. The lowest BCUT2D eigenvalue weighted by molar-refractivity contribution is -0.123. The second kappa shape index (κ2) is 9.18. The number of thiophene rings is 1. The van der Waals surface area contributed by atoms with E-state index >= 15 is 0 Å². The molecule has 0 radical (unpaired) electrons. The van der Waals surface area contributed by atoms with Gasteiger partial charge in [0.05, 0.1) is 21.5 Å². The summed E-state index contributed by atoms with van der Waals surface area (Å²) in [6.07, 6.45) is 0. The van der Waals surface area contributed by atoms with Crippen LogP contribution >= 0.6 is 34.5 Å². The van der Waals surface area contributed by atoms with Gasteiger partial charge in [-0.15, -0.1) is 11.3 Å². The standard InChI is InChI=1S/C18H14Cl2FN3O3S/c19-12-8-11(21)9-13(20)18(12)27-10-16(25)22-5-6-24-17(26)4-3-14(23-24)15-2-1-7-28-15/h1-4,7-9H,5-6,10H2,(H,22,25). The Kier molecular flexibility index (Phi) is 6.66. The van der Waals surface area contributed by atoms with Crippen LogP contribution in [0, 0.1) is 5.82 Å². The summed E-state index contributed by atoms with van der Waals surface area (Å²) in [5.41, 5.74) is 0.417. The van der Waals surface area contributed by atoms with Gasteiger partial charge >= 0.3 is 0 Å². The van der Waals surface area contributed by atoms with Crippen molar-refractivity contribution in [1.29, 1.82) is 0 Å². The maximum Gasteiger partial charge on any atom is 0.266 e. The van der Waals surface area contributed by atoms with Crippen LogP contribution < -0.4 is 15.6 Å². The lowest BCUT2D eigenvalue weighted by Gasteiger charge is -2.11. The Bertz CT molecular complexity index is 1020. The summed E-state index contributed by atoms with van der Waals surface area (Å²) in [5.74, 6) is -1.02. The van der Waals surface area contributed by atoms with Crippen molar-refractivity contribution >= 4 is 40.4 Å². The number of carbonyl (C=O) groups excluding carboxylic acids is 1. The van der Waals surface area contributed by atoms with Crippen LogP contribution in [0.3, 0.4) is 0 Å². The molecule has 1 N–H and O–H groups in total. The van der Waals surface area contributed by atoms with Crippen LogP contribution in [-0.4, -0.2) is 28.8 Å². The molecule has 10 heteroatoms. The number of ether oxygens (including phenoxy) is 1. The van der Waals surface area contributed by atoms with Crippen LogP contribution in [-0.2, 0) is 11.3 Å². The Labute approximate surface area is 173 Å². The summed E-state index contributed by atoms with van der Waals surface area (Å²) in [4.78, 5) is 24.8. The molecule has 146 valence electrons. The molecular weight excluding hydrogens is 428 g/mol. The van der Waals surface area contributed by atoms with E-state index in [-0.39, 0.29) is 41.1 Å². The lowest BCUT2D eigenvalue weighted by atomic mass is 10.3. The van der Waals surface area contributed by atoms with E-state index in [1.165, 1.54) is 22.1 Å². The van der Waals surface area contributed by atoms with Crippen molar-refractivity contribution in [3.05, 3.63) is 68.0 Å². The Morgan fingerprint density at radius 2 is 2.00 bits per heavy atom. The maximum absolute atomic E-state index is 13.1. The number of nitrogens with one attached hydrogen (secondary N) is 1. The minimum atomic E-state index is -0.602. The van der Waals surface area contributed by atoms with E-state index in [1.54, 1.807) is 6.07 Å².